The average molecular weight is 332 g/mol. The van der Waals surface area contributed by atoms with Gasteiger partial charge in [-0.2, -0.15) is 5.10 Å². The minimum atomic E-state index is -0.603. The number of methoxy groups -OCH3 is 1. The van der Waals surface area contributed by atoms with E-state index in [1.807, 2.05) is 6.92 Å². The Morgan fingerprint density at radius 2 is 2.25 bits per heavy atom. The number of fused-ring (bicyclic) bond motifs is 1. The molecule has 1 amide bonds. The number of anilines is 1. The summed E-state index contributed by atoms with van der Waals surface area (Å²) < 4.78 is 11.6. The highest BCUT2D eigenvalue weighted by molar-refractivity contribution is 6.07. The van der Waals surface area contributed by atoms with Crippen LogP contribution in [0.1, 0.15) is 52.6 Å². The number of amides is 1. The molecule has 2 heterocycles. The number of nitrogens with one attached hydrogen (secondary N) is 1. The molecule has 24 heavy (non-hydrogen) atoms. The molecule has 3 rings (SSSR count). The third-order valence-corrected chi connectivity index (χ3v) is 4.21. The fourth-order valence-electron chi connectivity index (χ4n) is 2.86. The van der Waals surface area contributed by atoms with Gasteiger partial charge in [-0.15, -0.1) is 0 Å². The zero-order valence-corrected chi connectivity index (χ0v) is 14.0. The van der Waals surface area contributed by atoms with E-state index in [1.165, 1.54) is 7.11 Å². The Labute approximate surface area is 139 Å². The van der Waals surface area contributed by atoms with Crippen LogP contribution in [-0.4, -0.2) is 33.9 Å². The highest BCUT2D eigenvalue weighted by Gasteiger charge is 2.28. The number of carbonyl (C=O) groups excluding carboxylic acids is 2. The van der Waals surface area contributed by atoms with Crippen molar-refractivity contribution in [3.8, 4) is 0 Å². The van der Waals surface area contributed by atoms with E-state index in [9.17, 15) is 9.59 Å². The van der Waals surface area contributed by atoms with Gasteiger partial charge in [0, 0.05) is 24.7 Å². The molecule has 0 bridgehead atoms. The van der Waals surface area contributed by atoms with Gasteiger partial charge in [0.25, 0.3) is 5.91 Å². The Kier molecular flexibility index (Phi) is 4.37. The number of rotatable bonds is 4. The van der Waals surface area contributed by atoms with Crippen molar-refractivity contribution in [3.63, 3.8) is 0 Å². The number of aromatic nitrogens is 3. The number of carbonyl (C=O) groups is 2. The predicted octanol–water partition coefficient (Wildman–Crippen LogP) is 2.05. The van der Waals surface area contributed by atoms with Gasteiger partial charge in [0.15, 0.2) is 11.4 Å². The van der Waals surface area contributed by atoms with Crippen LogP contribution in [0, 0.1) is 5.92 Å². The SMILES string of the molecule is CCn1cc(NC(=O)c2noc3c2C[C@@H](C)CC3)c(C(=O)OC)n1. The van der Waals surface area contributed by atoms with Crippen molar-refractivity contribution in [1.82, 2.24) is 14.9 Å². The monoisotopic (exact) mass is 332 g/mol. The van der Waals surface area contributed by atoms with E-state index in [2.05, 4.69) is 22.5 Å². The van der Waals surface area contributed by atoms with Crippen molar-refractivity contribution in [2.24, 2.45) is 5.92 Å². The molecule has 0 saturated carbocycles. The second kappa shape index (κ2) is 6.46. The Balaban J connectivity index is 1.87. The van der Waals surface area contributed by atoms with Gasteiger partial charge in [0.2, 0.25) is 0 Å². The molecule has 0 aromatic carbocycles. The van der Waals surface area contributed by atoms with Crippen molar-refractivity contribution in [1.29, 1.82) is 0 Å². The maximum atomic E-state index is 12.6. The van der Waals surface area contributed by atoms with Gasteiger partial charge in [-0.1, -0.05) is 12.1 Å². The van der Waals surface area contributed by atoms with E-state index < -0.39 is 11.9 Å². The Bertz CT molecular complexity index is 777. The number of ether oxygens (including phenoxy) is 1. The van der Waals surface area contributed by atoms with Gasteiger partial charge >= 0.3 is 5.97 Å². The van der Waals surface area contributed by atoms with Crippen LogP contribution in [0.5, 0.6) is 0 Å². The van der Waals surface area contributed by atoms with Gasteiger partial charge in [-0.25, -0.2) is 4.79 Å². The molecule has 8 heteroatoms. The van der Waals surface area contributed by atoms with E-state index in [0.717, 1.165) is 30.6 Å². The molecule has 0 unspecified atom stereocenters. The Morgan fingerprint density at radius 3 is 2.96 bits per heavy atom. The number of aryl methyl sites for hydroxylation is 2. The molecular weight excluding hydrogens is 312 g/mol. The average Bonchev–Trinajstić information content (AvgIpc) is 3.17. The standard InChI is InChI=1S/C16H20N4O4/c1-4-20-8-11(14(18-20)16(22)23-3)17-15(21)13-10-7-9(2)5-6-12(10)24-19-13/h8-9H,4-7H2,1-3H3,(H,17,21)/t9-/m0/s1. The smallest absolute Gasteiger partial charge is 0.360 e. The third kappa shape index (κ3) is 2.91. The van der Waals surface area contributed by atoms with Crippen LogP contribution in [0.2, 0.25) is 0 Å². The maximum absolute atomic E-state index is 12.6. The lowest BCUT2D eigenvalue weighted by molar-refractivity contribution is 0.0594. The van der Waals surface area contributed by atoms with E-state index in [0.29, 0.717) is 18.2 Å². The molecule has 2 aromatic heterocycles. The number of hydrogen-bond acceptors (Lipinski definition) is 6. The summed E-state index contributed by atoms with van der Waals surface area (Å²) >= 11 is 0. The second-order valence-corrected chi connectivity index (χ2v) is 5.97. The molecule has 1 aliphatic rings. The van der Waals surface area contributed by atoms with Crippen molar-refractivity contribution in [2.45, 2.75) is 39.7 Å². The van der Waals surface area contributed by atoms with Crippen LogP contribution in [0.4, 0.5) is 5.69 Å². The Morgan fingerprint density at radius 1 is 1.46 bits per heavy atom. The zero-order valence-electron chi connectivity index (χ0n) is 14.0. The fourth-order valence-corrected chi connectivity index (χ4v) is 2.86. The summed E-state index contributed by atoms with van der Waals surface area (Å²) in [6.45, 7) is 4.59. The predicted molar refractivity (Wildman–Crippen MR) is 84.9 cm³/mol. The number of nitrogens with zero attached hydrogens (tertiary/aromatic N) is 3. The minimum absolute atomic E-state index is 0.0680. The first-order chi connectivity index (χ1) is 11.5. The zero-order chi connectivity index (χ0) is 17.3. The minimum Gasteiger partial charge on any atom is -0.464 e. The van der Waals surface area contributed by atoms with E-state index in [4.69, 9.17) is 9.26 Å². The molecule has 128 valence electrons. The summed E-state index contributed by atoms with van der Waals surface area (Å²) in [4.78, 5) is 24.4. The fraction of sp³-hybridized carbons (Fsp3) is 0.500. The molecule has 1 aliphatic carbocycles. The molecule has 1 atom stereocenters. The molecule has 8 nitrogen and oxygen atoms in total. The summed E-state index contributed by atoms with van der Waals surface area (Å²) in [5.41, 5.74) is 1.50. The Hall–Kier alpha value is -2.64. The van der Waals surface area contributed by atoms with Crippen molar-refractivity contribution >= 4 is 17.6 Å². The van der Waals surface area contributed by atoms with Gasteiger partial charge < -0.3 is 14.6 Å². The maximum Gasteiger partial charge on any atom is 0.360 e. The van der Waals surface area contributed by atoms with Crippen molar-refractivity contribution in [3.05, 3.63) is 28.9 Å². The van der Waals surface area contributed by atoms with Gasteiger partial charge in [-0.05, 0) is 25.7 Å². The lowest BCUT2D eigenvalue weighted by atomic mass is 9.88. The first-order valence-corrected chi connectivity index (χ1v) is 7.98. The summed E-state index contributed by atoms with van der Waals surface area (Å²) in [5, 5.41) is 10.7. The molecule has 0 fully saturated rings. The molecule has 0 aliphatic heterocycles. The summed E-state index contributed by atoms with van der Waals surface area (Å²) in [6.07, 6.45) is 4.18. The van der Waals surface area contributed by atoms with Crippen LogP contribution in [-0.2, 0) is 24.1 Å². The number of hydrogen-bond donors (Lipinski definition) is 1. The molecule has 0 saturated heterocycles. The summed E-state index contributed by atoms with van der Waals surface area (Å²) in [7, 11) is 1.27. The van der Waals surface area contributed by atoms with E-state index in [-0.39, 0.29) is 11.4 Å². The molecule has 2 aromatic rings. The number of esters is 1. The summed E-state index contributed by atoms with van der Waals surface area (Å²) in [6, 6.07) is 0. The van der Waals surface area contributed by atoms with Gasteiger partial charge in [0.1, 0.15) is 5.76 Å². The van der Waals surface area contributed by atoms with E-state index in [1.54, 1.807) is 10.9 Å². The van der Waals surface area contributed by atoms with Gasteiger partial charge in [0.05, 0.1) is 12.8 Å². The van der Waals surface area contributed by atoms with Crippen LogP contribution in [0.25, 0.3) is 0 Å². The normalized spacial score (nSPS) is 16.5. The quantitative estimate of drug-likeness (QED) is 0.860. The first-order valence-electron chi connectivity index (χ1n) is 7.98. The lowest BCUT2D eigenvalue weighted by Crippen LogP contribution is -2.19. The highest BCUT2D eigenvalue weighted by Crippen LogP contribution is 2.28. The molecule has 0 spiro atoms. The van der Waals surface area contributed by atoms with Crippen LogP contribution in [0.3, 0.4) is 0 Å². The van der Waals surface area contributed by atoms with Crippen LogP contribution >= 0.6 is 0 Å². The lowest BCUT2D eigenvalue weighted by Gasteiger charge is -2.16. The van der Waals surface area contributed by atoms with Crippen molar-refractivity contribution < 1.29 is 18.8 Å². The van der Waals surface area contributed by atoms with Crippen LogP contribution < -0.4 is 5.32 Å². The van der Waals surface area contributed by atoms with Crippen LogP contribution in [0.15, 0.2) is 10.7 Å². The second-order valence-electron chi connectivity index (χ2n) is 5.97. The third-order valence-electron chi connectivity index (χ3n) is 4.21. The largest absolute Gasteiger partial charge is 0.464 e. The highest BCUT2D eigenvalue weighted by atomic mass is 16.5. The van der Waals surface area contributed by atoms with E-state index >= 15 is 0 Å². The molecule has 1 N–H and O–H groups in total. The molecule has 0 radical (unpaired) electrons. The topological polar surface area (TPSA) is 99.2 Å². The van der Waals surface area contributed by atoms with Crippen molar-refractivity contribution in [2.75, 3.05) is 12.4 Å². The first kappa shape index (κ1) is 16.2. The molecular formula is C16H20N4O4. The van der Waals surface area contributed by atoms with Gasteiger partial charge in [-0.3, -0.25) is 9.48 Å². The summed E-state index contributed by atoms with van der Waals surface area (Å²) in [5.74, 6) is 0.246.